The largest absolute Gasteiger partial charge is 0.449 e. The highest BCUT2D eigenvalue weighted by atomic mass is 35.5. The zero-order chi connectivity index (χ0) is 17.6. The number of aryl methyl sites for hydroxylation is 1. The van der Waals surface area contributed by atoms with Crippen molar-refractivity contribution < 1.29 is 22.7 Å². The molecule has 1 N–H and O–H groups in total. The summed E-state index contributed by atoms with van der Waals surface area (Å²) in [6, 6.07) is 6.77. The number of halogens is 4. The number of carbonyl (C=O) groups is 1. The van der Waals surface area contributed by atoms with E-state index in [2.05, 4.69) is 10.3 Å². The minimum Gasteiger partial charge on any atom is -0.449 e. The van der Waals surface area contributed by atoms with Crippen LogP contribution in [0.1, 0.15) is 17.5 Å². The van der Waals surface area contributed by atoms with Crippen LogP contribution in [0.25, 0.3) is 0 Å². The van der Waals surface area contributed by atoms with E-state index in [-0.39, 0.29) is 11.6 Å². The highest BCUT2D eigenvalue weighted by molar-refractivity contribution is 6.30. The zero-order valence-corrected chi connectivity index (χ0v) is 13.2. The summed E-state index contributed by atoms with van der Waals surface area (Å²) in [5.41, 5.74) is -0.388. The summed E-state index contributed by atoms with van der Waals surface area (Å²) in [7, 11) is 0. The summed E-state index contributed by atoms with van der Waals surface area (Å²) < 4.78 is 43.7. The molecule has 2 aromatic rings. The van der Waals surface area contributed by atoms with Crippen molar-refractivity contribution in [1.82, 2.24) is 4.98 Å². The number of hydrogen-bond donors (Lipinski definition) is 1. The smallest absolute Gasteiger partial charge is 0.418 e. The van der Waals surface area contributed by atoms with Crippen LogP contribution in [0.5, 0.6) is 0 Å². The van der Waals surface area contributed by atoms with Crippen molar-refractivity contribution in [2.45, 2.75) is 19.0 Å². The number of ether oxygens (including phenoxy) is 1. The number of pyridine rings is 1. The van der Waals surface area contributed by atoms with Crippen LogP contribution in [0.2, 0.25) is 5.02 Å². The molecule has 0 aliphatic rings. The number of hydrogen-bond acceptors (Lipinski definition) is 3. The fourth-order valence-electron chi connectivity index (χ4n) is 2.00. The maximum Gasteiger partial charge on any atom is 0.418 e. The maximum atomic E-state index is 12.9. The van der Waals surface area contributed by atoms with Gasteiger partial charge in [-0.25, -0.2) is 4.79 Å². The van der Waals surface area contributed by atoms with Gasteiger partial charge in [-0.2, -0.15) is 13.2 Å². The Morgan fingerprint density at radius 1 is 1.21 bits per heavy atom. The molecule has 0 aliphatic heterocycles. The van der Waals surface area contributed by atoms with Gasteiger partial charge >= 0.3 is 12.3 Å². The summed E-state index contributed by atoms with van der Waals surface area (Å²) in [5, 5.41) is 2.02. The highest BCUT2D eigenvalue weighted by Gasteiger charge is 2.34. The summed E-state index contributed by atoms with van der Waals surface area (Å²) >= 11 is 5.57. The lowest BCUT2D eigenvalue weighted by molar-refractivity contribution is -0.136. The second-order valence-electron chi connectivity index (χ2n) is 4.91. The van der Waals surface area contributed by atoms with Crippen LogP contribution in [0.4, 0.5) is 23.7 Å². The molecular formula is C16H14ClF3N2O2. The molecule has 1 aromatic carbocycles. The van der Waals surface area contributed by atoms with Gasteiger partial charge in [0.25, 0.3) is 0 Å². The molecular weight excluding hydrogens is 345 g/mol. The zero-order valence-electron chi connectivity index (χ0n) is 12.4. The molecule has 2 rings (SSSR count). The molecule has 0 saturated heterocycles. The molecule has 4 nitrogen and oxygen atoms in total. The number of carbonyl (C=O) groups excluding carboxylic acids is 1. The van der Waals surface area contributed by atoms with Crippen LogP contribution >= 0.6 is 11.6 Å². The molecule has 0 bridgehead atoms. The minimum atomic E-state index is -4.63. The number of benzene rings is 1. The molecule has 24 heavy (non-hydrogen) atoms. The van der Waals surface area contributed by atoms with Crippen molar-refractivity contribution in [3.63, 3.8) is 0 Å². The molecule has 0 aliphatic carbocycles. The standard InChI is InChI=1S/C16H14ClF3N2O2/c17-12-3-4-14(13(10-12)16(18,19)20)22-15(23)24-9-1-2-11-5-7-21-8-6-11/h3-8,10H,1-2,9H2,(H,22,23). The van der Waals surface area contributed by atoms with Crippen LogP contribution in [0.15, 0.2) is 42.7 Å². The van der Waals surface area contributed by atoms with E-state index in [0.717, 1.165) is 17.7 Å². The van der Waals surface area contributed by atoms with E-state index in [9.17, 15) is 18.0 Å². The van der Waals surface area contributed by atoms with Gasteiger partial charge in [-0.05, 0) is 48.7 Å². The Hall–Kier alpha value is -2.28. The number of nitrogens with one attached hydrogen (secondary N) is 1. The Balaban J connectivity index is 1.86. The third-order valence-corrected chi connectivity index (χ3v) is 3.35. The number of alkyl halides is 3. The van der Waals surface area contributed by atoms with Gasteiger partial charge in [0, 0.05) is 17.4 Å². The molecule has 0 radical (unpaired) electrons. The second-order valence-corrected chi connectivity index (χ2v) is 5.34. The number of rotatable bonds is 5. The SMILES string of the molecule is O=C(Nc1ccc(Cl)cc1C(F)(F)F)OCCCc1ccncc1. The Kier molecular flexibility index (Phi) is 6.03. The van der Waals surface area contributed by atoms with Crippen LogP contribution in [0.3, 0.4) is 0 Å². The van der Waals surface area contributed by atoms with E-state index in [0.29, 0.717) is 12.8 Å². The van der Waals surface area contributed by atoms with Crippen molar-refractivity contribution in [2.24, 2.45) is 0 Å². The van der Waals surface area contributed by atoms with Crippen LogP contribution in [0, 0.1) is 0 Å². The van der Waals surface area contributed by atoms with Gasteiger partial charge in [0.05, 0.1) is 17.9 Å². The fraction of sp³-hybridized carbons (Fsp3) is 0.250. The molecule has 0 spiro atoms. The number of amides is 1. The van der Waals surface area contributed by atoms with E-state index in [1.54, 1.807) is 12.4 Å². The predicted octanol–water partition coefficient (Wildman–Crippen LogP) is 4.94. The number of anilines is 1. The first-order chi connectivity index (χ1) is 11.4. The summed E-state index contributed by atoms with van der Waals surface area (Å²) in [6.07, 6.45) is -1.05. The van der Waals surface area contributed by atoms with Gasteiger partial charge < -0.3 is 4.74 Å². The molecule has 0 atom stereocenters. The number of nitrogens with zero attached hydrogens (tertiary/aromatic N) is 1. The summed E-state index contributed by atoms with van der Waals surface area (Å²) in [5.74, 6) is 0. The molecule has 128 valence electrons. The van der Waals surface area contributed by atoms with Gasteiger partial charge in [0.2, 0.25) is 0 Å². The first kappa shape index (κ1) is 18.1. The average Bonchev–Trinajstić information content (AvgIpc) is 2.53. The van der Waals surface area contributed by atoms with E-state index < -0.39 is 23.5 Å². The first-order valence-electron chi connectivity index (χ1n) is 7.05. The van der Waals surface area contributed by atoms with Crippen molar-refractivity contribution in [3.05, 3.63) is 58.9 Å². The second kappa shape index (κ2) is 8.01. The molecule has 0 unspecified atom stereocenters. The predicted molar refractivity (Wildman–Crippen MR) is 84.0 cm³/mol. The topological polar surface area (TPSA) is 51.2 Å². The normalized spacial score (nSPS) is 11.2. The molecule has 1 aromatic heterocycles. The van der Waals surface area contributed by atoms with Gasteiger partial charge in [0.1, 0.15) is 0 Å². The van der Waals surface area contributed by atoms with Crippen LogP contribution in [-0.2, 0) is 17.3 Å². The Morgan fingerprint density at radius 2 is 1.92 bits per heavy atom. The van der Waals surface area contributed by atoms with Crippen molar-refractivity contribution >= 4 is 23.4 Å². The van der Waals surface area contributed by atoms with Gasteiger partial charge in [-0.15, -0.1) is 0 Å². The molecule has 1 heterocycles. The van der Waals surface area contributed by atoms with E-state index in [1.165, 1.54) is 6.07 Å². The van der Waals surface area contributed by atoms with Gasteiger partial charge in [0.15, 0.2) is 0 Å². The van der Waals surface area contributed by atoms with E-state index >= 15 is 0 Å². The summed E-state index contributed by atoms with van der Waals surface area (Å²) in [4.78, 5) is 15.5. The molecule has 0 fully saturated rings. The minimum absolute atomic E-state index is 0.0707. The van der Waals surface area contributed by atoms with E-state index in [4.69, 9.17) is 16.3 Å². The number of aromatic nitrogens is 1. The lowest BCUT2D eigenvalue weighted by Crippen LogP contribution is -2.18. The molecule has 1 amide bonds. The lowest BCUT2D eigenvalue weighted by atomic mass is 10.1. The van der Waals surface area contributed by atoms with Gasteiger partial charge in [-0.1, -0.05) is 11.6 Å². The van der Waals surface area contributed by atoms with Gasteiger partial charge in [-0.3, -0.25) is 10.3 Å². The quantitative estimate of drug-likeness (QED) is 0.770. The molecule has 0 saturated carbocycles. The third kappa shape index (κ3) is 5.42. The third-order valence-electron chi connectivity index (χ3n) is 3.12. The van der Waals surface area contributed by atoms with Crippen LogP contribution < -0.4 is 5.32 Å². The monoisotopic (exact) mass is 358 g/mol. The van der Waals surface area contributed by atoms with Crippen molar-refractivity contribution in [3.8, 4) is 0 Å². The average molecular weight is 359 g/mol. The molecule has 8 heteroatoms. The van der Waals surface area contributed by atoms with Crippen LogP contribution in [-0.4, -0.2) is 17.7 Å². The lowest BCUT2D eigenvalue weighted by Gasteiger charge is -2.14. The Morgan fingerprint density at radius 3 is 2.58 bits per heavy atom. The fourth-order valence-corrected chi connectivity index (χ4v) is 2.17. The Labute approximate surface area is 141 Å². The Bertz CT molecular complexity index is 693. The maximum absolute atomic E-state index is 12.9. The highest BCUT2D eigenvalue weighted by Crippen LogP contribution is 2.36. The van der Waals surface area contributed by atoms with Crippen molar-refractivity contribution in [1.29, 1.82) is 0 Å². The first-order valence-corrected chi connectivity index (χ1v) is 7.43. The van der Waals surface area contributed by atoms with E-state index in [1.807, 2.05) is 12.1 Å². The summed E-state index contributed by atoms with van der Waals surface area (Å²) in [6.45, 7) is 0.0864. The van der Waals surface area contributed by atoms with Crippen molar-refractivity contribution in [2.75, 3.05) is 11.9 Å².